The number of carbonyl (C=O) groups excluding carboxylic acids is 1. The van der Waals surface area contributed by atoms with E-state index in [0.29, 0.717) is 23.6 Å². The number of rotatable bonds is 3. The number of hydrogen-bond acceptors (Lipinski definition) is 2. The monoisotopic (exact) mass is 421 g/mol. The maximum atomic E-state index is 12.6. The van der Waals surface area contributed by atoms with Gasteiger partial charge in [-0.25, -0.2) is 0 Å². The number of carbonyl (C=O) groups is 2. The van der Waals surface area contributed by atoms with E-state index in [4.69, 9.17) is 11.6 Å². The molecule has 1 saturated heterocycles. The van der Waals surface area contributed by atoms with E-state index in [9.17, 15) is 14.7 Å². The Labute approximate surface area is 142 Å². The van der Waals surface area contributed by atoms with E-state index >= 15 is 0 Å². The molecule has 0 bridgehead atoms. The SMILES string of the molecule is CC(C)C1(C(=O)O)CCN(C(=O)c2cc(Cl)ccc2I)C1. The summed E-state index contributed by atoms with van der Waals surface area (Å²) < 4.78 is 0.819. The normalized spacial score (nSPS) is 21.9. The first kappa shape index (κ1) is 16.5. The molecule has 1 N–H and O–H groups in total. The van der Waals surface area contributed by atoms with Gasteiger partial charge in [0.05, 0.1) is 11.0 Å². The number of likely N-dealkylation sites (tertiary alicyclic amines) is 1. The lowest BCUT2D eigenvalue weighted by Gasteiger charge is -2.28. The van der Waals surface area contributed by atoms with Crippen molar-refractivity contribution < 1.29 is 14.7 Å². The number of carboxylic acid groups (broad SMARTS) is 1. The number of aliphatic carboxylic acids is 1. The molecule has 0 saturated carbocycles. The summed E-state index contributed by atoms with van der Waals surface area (Å²) in [6.45, 7) is 4.50. The van der Waals surface area contributed by atoms with Gasteiger partial charge in [-0.15, -0.1) is 0 Å². The number of carboxylic acids is 1. The molecule has 114 valence electrons. The summed E-state index contributed by atoms with van der Waals surface area (Å²) in [4.78, 5) is 25.9. The average Bonchev–Trinajstić information content (AvgIpc) is 2.87. The van der Waals surface area contributed by atoms with Gasteiger partial charge < -0.3 is 10.0 Å². The smallest absolute Gasteiger partial charge is 0.311 e. The van der Waals surface area contributed by atoms with Crippen molar-refractivity contribution >= 4 is 46.1 Å². The van der Waals surface area contributed by atoms with E-state index in [2.05, 4.69) is 22.6 Å². The van der Waals surface area contributed by atoms with Crippen LogP contribution in [0.2, 0.25) is 5.02 Å². The third-order valence-electron chi connectivity index (χ3n) is 4.28. The Balaban J connectivity index is 2.27. The van der Waals surface area contributed by atoms with Gasteiger partial charge in [-0.1, -0.05) is 25.4 Å². The molecule has 1 unspecified atom stereocenters. The largest absolute Gasteiger partial charge is 0.481 e. The molecule has 6 heteroatoms. The molecule has 1 aliphatic heterocycles. The van der Waals surface area contributed by atoms with Crippen molar-refractivity contribution in [2.45, 2.75) is 20.3 Å². The quantitative estimate of drug-likeness (QED) is 0.760. The molecule has 1 atom stereocenters. The summed E-state index contributed by atoms with van der Waals surface area (Å²) in [5.74, 6) is -0.995. The van der Waals surface area contributed by atoms with Crippen LogP contribution < -0.4 is 0 Å². The van der Waals surface area contributed by atoms with Crippen molar-refractivity contribution in [2.24, 2.45) is 11.3 Å². The fourth-order valence-corrected chi connectivity index (χ4v) is 3.47. The predicted octanol–water partition coefficient (Wildman–Crippen LogP) is 3.52. The number of benzene rings is 1. The molecule has 0 aliphatic carbocycles. The second-order valence-corrected chi connectivity index (χ2v) is 7.32. The highest BCUT2D eigenvalue weighted by Gasteiger charge is 2.48. The van der Waals surface area contributed by atoms with E-state index in [1.807, 2.05) is 13.8 Å². The lowest BCUT2D eigenvalue weighted by molar-refractivity contribution is -0.150. The first-order valence-electron chi connectivity index (χ1n) is 6.75. The van der Waals surface area contributed by atoms with E-state index in [1.54, 1.807) is 23.1 Å². The van der Waals surface area contributed by atoms with Crippen LogP contribution in [0.5, 0.6) is 0 Å². The minimum absolute atomic E-state index is 0.0220. The Morgan fingerprint density at radius 3 is 2.62 bits per heavy atom. The molecule has 1 aliphatic rings. The van der Waals surface area contributed by atoms with Crippen molar-refractivity contribution in [1.82, 2.24) is 4.90 Å². The number of halogens is 2. The summed E-state index contributed by atoms with van der Waals surface area (Å²) >= 11 is 8.05. The molecular formula is C15H17ClINO3. The van der Waals surface area contributed by atoms with Crippen LogP contribution in [0.4, 0.5) is 0 Å². The van der Waals surface area contributed by atoms with Gasteiger partial charge in [-0.05, 0) is 53.1 Å². The summed E-state index contributed by atoms with van der Waals surface area (Å²) in [6, 6.07) is 5.17. The van der Waals surface area contributed by atoms with Crippen molar-refractivity contribution in [2.75, 3.05) is 13.1 Å². The highest BCUT2D eigenvalue weighted by Crippen LogP contribution is 2.39. The second-order valence-electron chi connectivity index (χ2n) is 5.72. The Hall–Kier alpha value is -0.820. The highest BCUT2D eigenvalue weighted by molar-refractivity contribution is 14.1. The minimum Gasteiger partial charge on any atom is -0.481 e. The Morgan fingerprint density at radius 2 is 2.10 bits per heavy atom. The summed E-state index contributed by atoms with van der Waals surface area (Å²) in [6.07, 6.45) is 0.489. The minimum atomic E-state index is -0.848. The Bertz CT molecular complexity index is 590. The van der Waals surface area contributed by atoms with Gasteiger partial charge in [0, 0.05) is 21.7 Å². The van der Waals surface area contributed by atoms with E-state index in [-0.39, 0.29) is 18.4 Å². The number of nitrogens with zero attached hydrogens (tertiary/aromatic N) is 1. The zero-order valence-corrected chi connectivity index (χ0v) is 14.8. The molecule has 1 amide bonds. The van der Waals surface area contributed by atoms with Crippen LogP contribution in [0.25, 0.3) is 0 Å². The molecule has 1 heterocycles. The molecule has 1 aromatic rings. The molecule has 0 aromatic heterocycles. The molecule has 0 radical (unpaired) electrons. The third-order valence-corrected chi connectivity index (χ3v) is 5.45. The third kappa shape index (κ3) is 3.04. The van der Waals surface area contributed by atoms with Crippen molar-refractivity contribution in [3.63, 3.8) is 0 Å². The summed E-state index contributed by atoms with van der Waals surface area (Å²) in [5.41, 5.74) is -0.312. The predicted molar refractivity (Wildman–Crippen MR) is 89.6 cm³/mol. The molecule has 2 rings (SSSR count). The van der Waals surface area contributed by atoms with Crippen LogP contribution in [0, 0.1) is 14.9 Å². The molecular weight excluding hydrogens is 405 g/mol. The Kier molecular flexibility index (Phi) is 4.82. The first-order chi connectivity index (χ1) is 9.78. The second kappa shape index (κ2) is 6.12. The fourth-order valence-electron chi connectivity index (χ4n) is 2.73. The van der Waals surface area contributed by atoms with E-state index in [1.165, 1.54) is 0 Å². The van der Waals surface area contributed by atoms with Crippen LogP contribution in [0.3, 0.4) is 0 Å². The van der Waals surface area contributed by atoms with Crippen molar-refractivity contribution in [1.29, 1.82) is 0 Å². The van der Waals surface area contributed by atoms with Crippen LogP contribution in [-0.2, 0) is 4.79 Å². The first-order valence-corrected chi connectivity index (χ1v) is 8.21. The zero-order valence-electron chi connectivity index (χ0n) is 11.9. The molecule has 4 nitrogen and oxygen atoms in total. The Morgan fingerprint density at radius 1 is 1.43 bits per heavy atom. The fraction of sp³-hybridized carbons (Fsp3) is 0.467. The van der Waals surface area contributed by atoms with Crippen LogP contribution in [0.1, 0.15) is 30.6 Å². The summed E-state index contributed by atoms with van der Waals surface area (Å²) in [5, 5.41) is 10.0. The van der Waals surface area contributed by atoms with Gasteiger partial charge in [0.25, 0.3) is 5.91 Å². The highest BCUT2D eigenvalue weighted by atomic mass is 127. The maximum Gasteiger partial charge on any atom is 0.311 e. The lowest BCUT2D eigenvalue weighted by Crippen LogP contribution is -2.40. The topological polar surface area (TPSA) is 57.6 Å². The molecule has 21 heavy (non-hydrogen) atoms. The zero-order chi connectivity index (χ0) is 15.8. The van der Waals surface area contributed by atoms with Gasteiger partial charge in [-0.2, -0.15) is 0 Å². The molecule has 1 aromatic carbocycles. The van der Waals surface area contributed by atoms with Crippen LogP contribution in [0.15, 0.2) is 18.2 Å². The van der Waals surface area contributed by atoms with Crippen LogP contribution >= 0.6 is 34.2 Å². The van der Waals surface area contributed by atoms with E-state index < -0.39 is 11.4 Å². The van der Waals surface area contributed by atoms with Gasteiger partial charge >= 0.3 is 5.97 Å². The molecule has 0 spiro atoms. The molecule has 1 fully saturated rings. The van der Waals surface area contributed by atoms with Gasteiger partial charge in [0.15, 0.2) is 0 Å². The average molecular weight is 422 g/mol. The number of amides is 1. The van der Waals surface area contributed by atoms with E-state index in [0.717, 1.165) is 3.57 Å². The van der Waals surface area contributed by atoms with Gasteiger partial charge in [0.2, 0.25) is 0 Å². The van der Waals surface area contributed by atoms with Gasteiger partial charge in [0.1, 0.15) is 0 Å². The van der Waals surface area contributed by atoms with Crippen molar-refractivity contribution in [3.8, 4) is 0 Å². The van der Waals surface area contributed by atoms with Crippen molar-refractivity contribution in [3.05, 3.63) is 32.4 Å². The lowest BCUT2D eigenvalue weighted by atomic mass is 9.76. The van der Waals surface area contributed by atoms with Crippen LogP contribution in [-0.4, -0.2) is 35.0 Å². The standard InChI is InChI=1S/C15H17ClINO3/c1-9(2)15(14(20)21)5-6-18(8-15)13(19)11-7-10(16)3-4-12(11)17/h3-4,7,9H,5-6,8H2,1-2H3,(H,20,21). The summed E-state index contributed by atoms with van der Waals surface area (Å²) in [7, 11) is 0. The van der Waals surface area contributed by atoms with Gasteiger partial charge in [-0.3, -0.25) is 9.59 Å². The maximum absolute atomic E-state index is 12.6. The number of hydrogen-bond donors (Lipinski definition) is 1.